The molecular weight excluding hydrogens is 452 g/mol. The number of nitrogens with one attached hydrogen (secondary N) is 3. The summed E-state index contributed by atoms with van der Waals surface area (Å²) in [5.74, 6) is -0.289. The Morgan fingerprint density at radius 1 is 1.00 bits per heavy atom. The van der Waals surface area contributed by atoms with Crippen LogP contribution in [0.3, 0.4) is 0 Å². The molecule has 2 aromatic heterocycles. The summed E-state index contributed by atoms with van der Waals surface area (Å²) in [6, 6.07) is 17.0. The molecule has 0 bridgehead atoms. The van der Waals surface area contributed by atoms with Crippen LogP contribution in [0, 0.1) is 0 Å². The van der Waals surface area contributed by atoms with Crippen molar-refractivity contribution in [3.8, 4) is 0 Å². The molecule has 0 saturated heterocycles. The van der Waals surface area contributed by atoms with E-state index in [0.29, 0.717) is 25.4 Å². The Kier molecular flexibility index (Phi) is 8.79. The second kappa shape index (κ2) is 12.4. The molecule has 2 heterocycles. The van der Waals surface area contributed by atoms with Crippen molar-refractivity contribution in [1.29, 1.82) is 0 Å². The molecule has 190 valence electrons. The number of aromatic amines is 2. The molecule has 2 amide bonds. The zero-order valence-electron chi connectivity index (χ0n) is 21.2. The minimum Gasteiger partial charge on any atom is -0.385 e. The number of methoxy groups -OCH3 is 1. The van der Waals surface area contributed by atoms with E-state index in [4.69, 9.17) is 4.74 Å². The summed E-state index contributed by atoms with van der Waals surface area (Å²) >= 11 is 0. The first-order chi connectivity index (χ1) is 17.6. The molecule has 0 spiro atoms. The Labute approximate surface area is 212 Å². The summed E-state index contributed by atoms with van der Waals surface area (Å²) in [5, 5.41) is 5.07. The molecule has 4 aromatic rings. The van der Waals surface area contributed by atoms with Crippen molar-refractivity contribution < 1.29 is 14.3 Å². The highest BCUT2D eigenvalue weighted by Crippen LogP contribution is 2.23. The van der Waals surface area contributed by atoms with Gasteiger partial charge < -0.3 is 24.9 Å². The maximum absolute atomic E-state index is 13.9. The molecule has 36 heavy (non-hydrogen) atoms. The van der Waals surface area contributed by atoms with Crippen LogP contribution in [0.15, 0.2) is 60.8 Å². The summed E-state index contributed by atoms with van der Waals surface area (Å²) < 4.78 is 5.22. The van der Waals surface area contributed by atoms with Gasteiger partial charge >= 0.3 is 0 Å². The number of carbonyl (C=O) groups excluding carboxylic acids is 2. The molecule has 2 aromatic carbocycles. The van der Waals surface area contributed by atoms with Gasteiger partial charge in [0.1, 0.15) is 6.04 Å². The number of hydrogen-bond donors (Lipinski definition) is 3. The van der Waals surface area contributed by atoms with E-state index in [1.54, 1.807) is 7.11 Å². The Bertz CT molecular complexity index is 1250. The molecule has 0 radical (unpaired) electrons. The fourth-order valence-electron chi connectivity index (χ4n) is 4.65. The van der Waals surface area contributed by atoms with Gasteiger partial charge in [-0.1, -0.05) is 56.2 Å². The van der Waals surface area contributed by atoms with Gasteiger partial charge in [-0.25, -0.2) is 0 Å². The van der Waals surface area contributed by atoms with Crippen molar-refractivity contribution in [2.24, 2.45) is 0 Å². The molecule has 1 atom stereocenters. The summed E-state index contributed by atoms with van der Waals surface area (Å²) in [6.45, 7) is 3.98. The first-order valence-electron chi connectivity index (χ1n) is 12.8. The number of carbonyl (C=O) groups is 2. The van der Waals surface area contributed by atoms with E-state index >= 15 is 0 Å². The van der Waals surface area contributed by atoms with Crippen LogP contribution in [-0.4, -0.2) is 53.5 Å². The maximum Gasteiger partial charge on any atom is 0.251 e. The summed E-state index contributed by atoms with van der Waals surface area (Å²) in [5.41, 5.74) is 3.53. The van der Waals surface area contributed by atoms with Crippen molar-refractivity contribution in [2.45, 2.75) is 45.1 Å². The summed E-state index contributed by atoms with van der Waals surface area (Å²) in [7, 11) is 1.67. The van der Waals surface area contributed by atoms with Crippen molar-refractivity contribution in [2.75, 3.05) is 26.8 Å². The highest BCUT2D eigenvalue weighted by molar-refractivity contribution is 5.93. The quantitative estimate of drug-likeness (QED) is 0.229. The normalized spacial score (nSPS) is 12.2. The van der Waals surface area contributed by atoms with Crippen LogP contribution in [0.2, 0.25) is 0 Å². The Morgan fingerprint density at radius 3 is 2.53 bits per heavy atom. The van der Waals surface area contributed by atoms with Gasteiger partial charge in [-0.15, -0.1) is 0 Å². The SMILES string of the molecule is CCCCCN(CCCOC)C(=O)[C@H](NC(=O)Cc1c[nH]c2ccccc12)c1cc2ccccc2[nH]1. The van der Waals surface area contributed by atoms with E-state index in [1.807, 2.05) is 65.7 Å². The van der Waals surface area contributed by atoms with Gasteiger partial charge in [0, 0.05) is 55.1 Å². The van der Waals surface area contributed by atoms with Crippen LogP contribution in [0.4, 0.5) is 0 Å². The molecular formula is C29H36N4O3. The number of amides is 2. The number of ether oxygens (including phenoxy) is 1. The van der Waals surface area contributed by atoms with Crippen molar-refractivity contribution in [3.63, 3.8) is 0 Å². The molecule has 0 aliphatic heterocycles. The molecule has 0 saturated carbocycles. The van der Waals surface area contributed by atoms with E-state index in [-0.39, 0.29) is 18.2 Å². The molecule has 0 fully saturated rings. The topological polar surface area (TPSA) is 90.2 Å². The average Bonchev–Trinajstić information content (AvgIpc) is 3.50. The molecule has 0 unspecified atom stereocenters. The first-order valence-corrected chi connectivity index (χ1v) is 12.8. The Hall–Kier alpha value is -3.58. The number of hydrogen-bond acceptors (Lipinski definition) is 3. The first kappa shape index (κ1) is 25.5. The summed E-state index contributed by atoms with van der Waals surface area (Å²) in [4.78, 5) is 35.6. The lowest BCUT2D eigenvalue weighted by Gasteiger charge is -2.28. The van der Waals surface area contributed by atoms with Gasteiger partial charge in [-0.05, 0) is 42.0 Å². The largest absolute Gasteiger partial charge is 0.385 e. The molecule has 0 aliphatic rings. The van der Waals surface area contributed by atoms with Crippen LogP contribution in [-0.2, 0) is 20.7 Å². The monoisotopic (exact) mass is 488 g/mol. The molecule has 4 rings (SSSR count). The molecule has 7 heteroatoms. The Morgan fingerprint density at radius 2 is 1.75 bits per heavy atom. The van der Waals surface area contributed by atoms with Crippen LogP contribution in [0.25, 0.3) is 21.8 Å². The predicted molar refractivity (Wildman–Crippen MR) is 144 cm³/mol. The van der Waals surface area contributed by atoms with Gasteiger partial charge in [0.2, 0.25) is 5.91 Å². The van der Waals surface area contributed by atoms with Gasteiger partial charge in [-0.3, -0.25) is 9.59 Å². The lowest BCUT2D eigenvalue weighted by molar-refractivity contribution is -0.137. The number of fused-ring (bicyclic) bond motifs is 2. The smallest absolute Gasteiger partial charge is 0.251 e. The van der Waals surface area contributed by atoms with Crippen LogP contribution < -0.4 is 5.32 Å². The second-order valence-corrected chi connectivity index (χ2v) is 9.23. The third kappa shape index (κ3) is 6.15. The third-order valence-electron chi connectivity index (χ3n) is 6.56. The number of aromatic nitrogens is 2. The van der Waals surface area contributed by atoms with Crippen LogP contribution in [0.5, 0.6) is 0 Å². The van der Waals surface area contributed by atoms with Gasteiger partial charge in [0.05, 0.1) is 6.42 Å². The second-order valence-electron chi connectivity index (χ2n) is 9.23. The minimum atomic E-state index is -0.792. The number of H-pyrrole nitrogens is 2. The Balaban J connectivity index is 1.59. The fraction of sp³-hybridized carbons (Fsp3) is 0.379. The molecule has 3 N–H and O–H groups in total. The molecule has 0 aliphatic carbocycles. The van der Waals surface area contributed by atoms with E-state index in [9.17, 15) is 9.59 Å². The minimum absolute atomic E-state index is 0.0963. The van der Waals surface area contributed by atoms with Gasteiger partial charge in [0.25, 0.3) is 5.91 Å². The summed E-state index contributed by atoms with van der Waals surface area (Å²) in [6.07, 6.45) is 5.86. The zero-order valence-corrected chi connectivity index (χ0v) is 21.2. The van der Waals surface area contributed by atoms with Crippen molar-refractivity contribution in [1.82, 2.24) is 20.2 Å². The van der Waals surface area contributed by atoms with Crippen LogP contribution >= 0.6 is 0 Å². The number of para-hydroxylation sites is 2. The van der Waals surface area contributed by atoms with E-state index in [1.165, 1.54) is 0 Å². The highest BCUT2D eigenvalue weighted by atomic mass is 16.5. The number of unbranched alkanes of at least 4 members (excludes halogenated alkanes) is 2. The number of benzene rings is 2. The van der Waals surface area contributed by atoms with E-state index in [2.05, 4.69) is 22.2 Å². The van der Waals surface area contributed by atoms with Gasteiger partial charge in [0.15, 0.2) is 0 Å². The van der Waals surface area contributed by atoms with Crippen molar-refractivity contribution in [3.05, 3.63) is 72.1 Å². The fourth-order valence-corrected chi connectivity index (χ4v) is 4.65. The number of nitrogens with zero attached hydrogens (tertiary/aromatic N) is 1. The maximum atomic E-state index is 13.9. The lowest BCUT2D eigenvalue weighted by Crippen LogP contribution is -2.44. The van der Waals surface area contributed by atoms with E-state index < -0.39 is 6.04 Å². The van der Waals surface area contributed by atoms with Crippen LogP contribution in [0.1, 0.15) is 49.9 Å². The highest BCUT2D eigenvalue weighted by Gasteiger charge is 2.29. The number of rotatable bonds is 13. The molecule has 7 nitrogen and oxygen atoms in total. The third-order valence-corrected chi connectivity index (χ3v) is 6.56. The average molecular weight is 489 g/mol. The standard InChI is InChI=1S/C29H36N4O3/c1-3-4-9-15-33(16-10-17-36-2)29(35)28(26-18-21-11-5-7-13-24(21)31-26)32-27(34)19-22-20-30-25-14-8-6-12-23(22)25/h5-8,11-14,18,20,28,30-31H,3-4,9-10,15-17,19H2,1-2H3,(H,32,34)/t28-/m1/s1. The van der Waals surface area contributed by atoms with Crippen molar-refractivity contribution >= 4 is 33.6 Å². The predicted octanol–water partition coefficient (Wildman–Crippen LogP) is 5.10. The van der Waals surface area contributed by atoms with E-state index in [0.717, 1.165) is 53.1 Å². The van der Waals surface area contributed by atoms with Gasteiger partial charge in [-0.2, -0.15) is 0 Å². The lowest BCUT2D eigenvalue weighted by atomic mass is 10.1. The zero-order chi connectivity index (χ0) is 25.3.